The lowest BCUT2D eigenvalue weighted by atomic mass is 10.0. The zero-order valence-electron chi connectivity index (χ0n) is 13.5. The van der Waals surface area contributed by atoms with Crippen molar-refractivity contribution in [3.05, 3.63) is 70.8 Å². The maximum Gasteiger partial charge on any atom is 0.222 e. The van der Waals surface area contributed by atoms with Gasteiger partial charge in [0.25, 0.3) is 0 Å². The van der Waals surface area contributed by atoms with Crippen LogP contribution >= 0.6 is 0 Å². The molecule has 126 valence electrons. The minimum Gasteiger partial charge on any atom is -0.475 e. The molecular weight excluding hydrogens is 312 g/mol. The SMILES string of the molecule is CCOCCc1ccc(C2COC(c3c(F)cccc3F)=N2)cc1. The number of ether oxygens (including phenoxy) is 2. The highest BCUT2D eigenvalue weighted by Crippen LogP contribution is 2.27. The van der Waals surface area contributed by atoms with E-state index < -0.39 is 11.6 Å². The Morgan fingerprint density at radius 3 is 2.50 bits per heavy atom. The standard InChI is InChI=1S/C19H19F2NO2/c1-2-23-11-10-13-6-8-14(9-7-13)17-12-24-19(22-17)18-15(20)4-3-5-16(18)21/h3-9,17H,2,10-12H2,1H3. The summed E-state index contributed by atoms with van der Waals surface area (Å²) in [5.41, 5.74) is 1.94. The molecule has 0 saturated heterocycles. The van der Waals surface area contributed by atoms with E-state index >= 15 is 0 Å². The summed E-state index contributed by atoms with van der Waals surface area (Å²) >= 11 is 0. The molecule has 0 bridgehead atoms. The van der Waals surface area contributed by atoms with Crippen LogP contribution in [0.3, 0.4) is 0 Å². The molecule has 1 unspecified atom stereocenters. The van der Waals surface area contributed by atoms with E-state index in [2.05, 4.69) is 4.99 Å². The van der Waals surface area contributed by atoms with Gasteiger partial charge in [-0.25, -0.2) is 13.8 Å². The zero-order chi connectivity index (χ0) is 16.9. The van der Waals surface area contributed by atoms with Gasteiger partial charge in [-0.15, -0.1) is 0 Å². The first-order chi connectivity index (χ1) is 11.7. The van der Waals surface area contributed by atoms with Crippen LogP contribution in [0.5, 0.6) is 0 Å². The van der Waals surface area contributed by atoms with E-state index in [-0.39, 0.29) is 24.1 Å². The predicted molar refractivity (Wildman–Crippen MR) is 88.2 cm³/mol. The van der Waals surface area contributed by atoms with Crippen molar-refractivity contribution < 1.29 is 18.3 Å². The first-order valence-electron chi connectivity index (χ1n) is 8.00. The van der Waals surface area contributed by atoms with Crippen LogP contribution in [0.1, 0.15) is 29.7 Å². The van der Waals surface area contributed by atoms with Crippen molar-refractivity contribution in [1.82, 2.24) is 0 Å². The molecular formula is C19H19F2NO2. The molecule has 5 heteroatoms. The first kappa shape index (κ1) is 16.6. The van der Waals surface area contributed by atoms with Crippen LogP contribution in [-0.4, -0.2) is 25.7 Å². The largest absolute Gasteiger partial charge is 0.475 e. The van der Waals surface area contributed by atoms with Crippen molar-refractivity contribution in [3.8, 4) is 0 Å². The Morgan fingerprint density at radius 2 is 1.83 bits per heavy atom. The lowest BCUT2D eigenvalue weighted by Gasteiger charge is -2.07. The van der Waals surface area contributed by atoms with Gasteiger partial charge in [-0.2, -0.15) is 0 Å². The number of aliphatic imine (C=N–C) groups is 1. The fourth-order valence-electron chi connectivity index (χ4n) is 2.62. The first-order valence-corrected chi connectivity index (χ1v) is 8.00. The van der Waals surface area contributed by atoms with Gasteiger partial charge in [-0.1, -0.05) is 30.3 Å². The van der Waals surface area contributed by atoms with Crippen molar-refractivity contribution in [3.63, 3.8) is 0 Å². The van der Waals surface area contributed by atoms with E-state index in [1.54, 1.807) is 0 Å². The molecule has 24 heavy (non-hydrogen) atoms. The van der Waals surface area contributed by atoms with Crippen molar-refractivity contribution in [2.75, 3.05) is 19.8 Å². The normalized spacial score (nSPS) is 16.8. The van der Waals surface area contributed by atoms with Crippen molar-refractivity contribution in [1.29, 1.82) is 0 Å². The van der Waals surface area contributed by atoms with Gasteiger partial charge in [-0.05, 0) is 36.6 Å². The monoisotopic (exact) mass is 331 g/mol. The summed E-state index contributed by atoms with van der Waals surface area (Å²) < 4.78 is 38.4. The van der Waals surface area contributed by atoms with Gasteiger partial charge in [0.1, 0.15) is 29.8 Å². The second-order valence-corrected chi connectivity index (χ2v) is 5.55. The molecule has 2 aromatic rings. The summed E-state index contributed by atoms with van der Waals surface area (Å²) in [5.74, 6) is -1.31. The Morgan fingerprint density at radius 1 is 1.12 bits per heavy atom. The van der Waals surface area contributed by atoms with Gasteiger partial charge in [0, 0.05) is 6.61 Å². The minimum absolute atomic E-state index is 0.0241. The highest BCUT2D eigenvalue weighted by molar-refractivity contribution is 5.95. The van der Waals surface area contributed by atoms with E-state index in [0.717, 1.165) is 12.0 Å². The van der Waals surface area contributed by atoms with Crippen LogP contribution in [0, 0.1) is 11.6 Å². The molecule has 0 radical (unpaired) electrons. The summed E-state index contributed by atoms with van der Waals surface area (Å²) in [6.45, 7) is 3.65. The van der Waals surface area contributed by atoms with E-state index in [0.29, 0.717) is 13.2 Å². The molecule has 1 heterocycles. The fourth-order valence-corrected chi connectivity index (χ4v) is 2.62. The number of rotatable bonds is 6. The van der Waals surface area contributed by atoms with Gasteiger partial charge >= 0.3 is 0 Å². The second-order valence-electron chi connectivity index (χ2n) is 5.55. The molecule has 3 nitrogen and oxygen atoms in total. The summed E-state index contributed by atoms with van der Waals surface area (Å²) in [5, 5.41) is 0. The quantitative estimate of drug-likeness (QED) is 0.747. The number of halogens is 2. The minimum atomic E-state index is -0.666. The van der Waals surface area contributed by atoms with Crippen molar-refractivity contribution >= 4 is 5.90 Å². The van der Waals surface area contributed by atoms with Crippen molar-refractivity contribution in [2.24, 2.45) is 4.99 Å². The lowest BCUT2D eigenvalue weighted by molar-refractivity contribution is 0.151. The third-order valence-electron chi connectivity index (χ3n) is 3.93. The molecule has 2 aromatic carbocycles. The van der Waals surface area contributed by atoms with Crippen molar-refractivity contribution in [2.45, 2.75) is 19.4 Å². The van der Waals surface area contributed by atoms with Crippen LogP contribution in [0.2, 0.25) is 0 Å². The molecule has 0 fully saturated rings. The average Bonchev–Trinajstić information content (AvgIpc) is 3.05. The Kier molecular flexibility index (Phi) is 5.20. The average molecular weight is 331 g/mol. The summed E-state index contributed by atoms with van der Waals surface area (Å²) in [4.78, 5) is 4.35. The molecule has 0 aliphatic carbocycles. The Balaban J connectivity index is 1.74. The Bertz CT molecular complexity index is 708. The number of nitrogens with zero attached hydrogens (tertiary/aromatic N) is 1. The van der Waals surface area contributed by atoms with Crippen LogP contribution in [0.25, 0.3) is 0 Å². The van der Waals surface area contributed by atoms with Crippen LogP contribution < -0.4 is 0 Å². The highest BCUT2D eigenvalue weighted by Gasteiger charge is 2.25. The second kappa shape index (κ2) is 7.53. The summed E-state index contributed by atoms with van der Waals surface area (Å²) in [6.07, 6.45) is 0.851. The number of hydrogen-bond donors (Lipinski definition) is 0. The smallest absolute Gasteiger partial charge is 0.222 e. The molecule has 1 aliphatic rings. The molecule has 0 aromatic heterocycles. The van der Waals surface area contributed by atoms with Gasteiger partial charge in [0.15, 0.2) is 0 Å². The van der Waals surface area contributed by atoms with Gasteiger partial charge < -0.3 is 9.47 Å². The van der Waals surface area contributed by atoms with E-state index in [1.807, 2.05) is 31.2 Å². The highest BCUT2D eigenvalue weighted by atomic mass is 19.1. The van der Waals surface area contributed by atoms with Crippen LogP contribution in [0.15, 0.2) is 47.5 Å². The maximum absolute atomic E-state index is 13.8. The fraction of sp³-hybridized carbons (Fsp3) is 0.316. The Labute approximate surface area is 139 Å². The summed E-state index contributed by atoms with van der Waals surface area (Å²) in [7, 11) is 0. The van der Waals surface area contributed by atoms with Gasteiger partial charge in [-0.3, -0.25) is 0 Å². The molecule has 1 aliphatic heterocycles. The molecule has 0 N–H and O–H groups in total. The van der Waals surface area contributed by atoms with Gasteiger partial charge in [0.2, 0.25) is 5.90 Å². The van der Waals surface area contributed by atoms with E-state index in [1.165, 1.54) is 23.8 Å². The predicted octanol–water partition coefficient (Wildman–Crippen LogP) is 4.06. The molecule has 0 spiro atoms. The number of benzene rings is 2. The molecule has 3 rings (SSSR count). The zero-order valence-corrected chi connectivity index (χ0v) is 13.5. The topological polar surface area (TPSA) is 30.8 Å². The molecule has 1 atom stereocenters. The molecule has 0 saturated carbocycles. The number of hydrogen-bond acceptors (Lipinski definition) is 3. The maximum atomic E-state index is 13.8. The van der Waals surface area contributed by atoms with Gasteiger partial charge in [0.05, 0.1) is 6.61 Å². The third-order valence-corrected chi connectivity index (χ3v) is 3.93. The van der Waals surface area contributed by atoms with E-state index in [9.17, 15) is 8.78 Å². The van der Waals surface area contributed by atoms with Crippen LogP contribution in [0.4, 0.5) is 8.78 Å². The van der Waals surface area contributed by atoms with Crippen LogP contribution in [-0.2, 0) is 15.9 Å². The molecule has 0 amide bonds. The third kappa shape index (κ3) is 3.62. The van der Waals surface area contributed by atoms with E-state index in [4.69, 9.17) is 9.47 Å². The Hall–Kier alpha value is -2.27. The summed E-state index contributed by atoms with van der Waals surface area (Å²) in [6, 6.07) is 11.5. The lowest BCUT2D eigenvalue weighted by Crippen LogP contribution is -2.07.